The first-order valence-corrected chi connectivity index (χ1v) is 9.42. The minimum Gasteiger partial charge on any atom is -0.396 e. The second kappa shape index (κ2) is 8.56. The number of aliphatic hydroxyl groups is 1. The van der Waals surface area contributed by atoms with Crippen molar-refractivity contribution in [3.05, 3.63) is 35.8 Å². The quantitative estimate of drug-likeness (QED) is 0.859. The number of anilines is 1. The second-order valence-corrected chi connectivity index (χ2v) is 7.09. The van der Waals surface area contributed by atoms with Crippen molar-refractivity contribution in [1.82, 2.24) is 19.9 Å². The van der Waals surface area contributed by atoms with Gasteiger partial charge in [0.15, 0.2) is 5.82 Å². The van der Waals surface area contributed by atoms with Gasteiger partial charge in [-0.25, -0.2) is 9.97 Å². The number of hydrogen-bond acceptors (Lipinski definition) is 6. The van der Waals surface area contributed by atoms with Gasteiger partial charge in [-0.15, -0.1) is 0 Å². The molecule has 3 rings (SSSR count). The molecule has 26 heavy (non-hydrogen) atoms. The first-order chi connectivity index (χ1) is 12.6. The maximum Gasteiger partial charge on any atom is 0.161 e. The zero-order valence-electron chi connectivity index (χ0n) is 16.0. The number of aliphatic hydroxyl groups excluding tert-OH is 1. The van der Waals surface area contributed by atoms with Crippen molar-refractivity contribution < 1.29 is 5.11 Å². The average Bonchev–Trinajstić information content (AvgIpc) is 2.69. The van der Waals surface area contributed by atoms with E-state index in [1.807, 2.05) is 12.1 Å². The van der Waals surface area contributed by atoms with Gasteiger partial charge in [0.1, 0.15) is 5.82 Å². The number of rotatable bonds is 6. The van der Waals surface area contributed by atoms with E-state index in [-0.39, 0.29) is 6.61 Å². The SMILES string of the molecule is Cc1nc(-c2ccncc2)nc(N2CCC(N(C)CCCO)CC2)c1C. The van der Waals surface area contributed by atoms with Crippen molar-refractivity contribution in [2.24, 2.45) is 0 Å². The molecule has 1 aliphatic heterocycles. The van der Waals surface area contributed by atoms with Crippen molar-refractivity contribution in [2.45, 2.75) is 39.2 Å². The molecule has 140 valence electrons. The third-order valence-electron chi connectivity index (χ3n) is 5.36. The lowest BCUT2D eigenvalue weighted by molar-refractivity contribution is 0.184. The highest BCUT2D eigenvalue weighted by Gasteiger charge is 2.25. The lowest BCUT2D eigenvalue weighted by atomic mass is 10.0. The lowest BCUT2D eigenvalue weighted by Crippen LogP contribution is -2.44. The van der Waals surface area contributed by atoms with Crippen molar-refractivity contribution in [1.29, 1.82) is 0 Å². The molecule has 0 saturated carbocycles. The highest BCUT2D eigenvalue weighted by atomic mass is 16.3. The topological polar surface area (TPSA) is 65.4 Å². The van der Waals surface area contributed by atoms with E-state index in [1.165, 1.54) is 0 Å². The van der Waals surface area contributed by atoms with Crippen LogP contribution in [0.5, 0.6) is 0 Å². The molecule has 0 spiro atoms. The summed E-state index contributed by atoms with van der Waals surface area (Å²) in [4.78, 5) is 18.4. The maximum atomic E-state index is 9.03. The monoisotopic (exact) mass is 355 g/mol. The van der Waals surface area contributed by atoms with Crippen molar-refractivity contribution in [3.8, 4) is 11.4 Å². The van der Waals surface area contributed by atoms with E-state index in [9.17, 15) is 0 Å². The third kappa shape index (κ3) is 4.19. The largest absolute Gasteiger partial charge is 0.396 e. The Kier molecular flexibility index (Phi) is 6.16. The molecule has 6 nitrogen and oxygen atoms in total. The zero-order valence-corrected chi connectivity index (χ0v) is 16.0. The Morgan fingerprint density at radius 2 is 1.85 bits per heavy atom. The summed E-state index contributed by atoms with van der Waals surface area (Å²) in [5.74, 6) is 1.83. The minimum absolute atomic E-state index is 0.264. The van der Waals surface area contributed by atoms with Gasteiger partial charge in [0.2, 0.25) is 0 Å². The molecule has 6 heteroatoms. The Morgan fingerprint density at radius 1 is 1.15 bits per heavy atom. The predicted octanol–water partition coefficient (Wildman–Crippen LogP) is 2.44. The number of nitrogens with zero attached hydrogens (tertiary/aromatic N) is 5. The van der Waals surface area contributed by atoms with E-state index < -0.39 is 0 Å². The van der Waals surface area contributed by atoms with Crippen LogP contribution in [0.3, 0.4) is 0 Å². The maximum absolute atomic E-state index is 9.03. The van der Waals surface area contributed by atoms with E-state index in [4.69, 9.17) is 10.1 Å². The molecule has 0 aromatic carbocycles. The molecule has 2 aromatic rings. The molecule has 1 saturated heterocycles. The fourth-order valence-electron chi connectivity index (χ4n) is 3.57. The fraction of sp³-hybridized carbons (Fsp3) is 0.550. The summed E-state index contributed by atoms with van der Waals surface area (Å²) >= 11 is 0. The van der Waals surface area contributed by atoms with Crippen LogP contribution in [0.4, 0.5) is 5.82 Å². The second-order valence-electron chi connectivity index (χ2n) is 7.09. The van der Waals surface area contributed by atoms with Crippen LogP contribution in [-0.4, -0.2) is 64.3 Å². The smallest absolute Gasteiger partial charge is 0.161 e. The Bertz CT molecular complexity index is 714. The summed E-state index contributed by atoms with van der Waals surface area (Å²) in [7, 11) is 2.16. The number of hydrogen-bond donors (Lipinski definition) is 1. The zero-order chi connectivity index (χ0) is 18.5. The number of piperidine rings is 1. The van der Waals surface area contributed by atoms with Crippen molar-refractivity contribution in [2.75, 3.05) is 38.2 Å². The lowest BCUT2D eigenvalue weighted by Gasteiger charge is -2.38. The van der Waals surface area contributed by atoms with Crippen LogP contribution >= 0.6 is 0 Å². The van der Waals surface area contributed by atoms with Gasteiger partial charge < -0.3 is 14.9 Å². The van der Waals surface area contributed by atoms with Crippen LogP contribution < -0.4 is 4.90 Å². The highest BCUT2D eigenvalue weighted by Crippen LogP contribution is 2.27. The molecule has 2 aromatic heterocycles. The number of aryl methyl sites for hydroxylation is 1. The van der Waals surface area contributed by atoms with E-state index in [2.05, 4.69) is 40.7 Å². The third-order valence-corrected chi connectivity index (χ3v) is 5.36. The van der Waals surface area contributed by atoms with Gasteiger partial charge in [0.05, 0.1) is 0 Å². The van der Waals surface area contributed by atoms with Gasteiger partial charge in [0.25, 0.3) is 0 Å². The molecule has 0 bridgehead atoms. The van der Waals surface area contributed by atoms with Gasteiger partial charge in [-0.2, -0.15) is 0 Å². The molecule has 1 N–H and O–H groups in total. The molecule has 0 atom stereocenters. The Hall–Kier alpha value is -2.05. The molecular formula is C20H29N5O. The van der Waals surface area contributed by atoms with E-state index in [0.717, 1.165) is 67.4 Å². The summed E-state index contributed by atoms with van der Waals surface area (Å²) in [6.45, 7) is 7.39. The van der Waals surface area contributed by atoms with E-state index >= 15 is 0 Å². The van der Waals surface area contributed by atoms with E-state index in [0.29, 0.717) is 6.04 Å². The molecule has 0 radical (unpaired) electrons. The van der Waals surface area contributed by atoms with E-state index in [1.54, 1.807) is 12.4 Å². The van der Waals surface area contributed by atoms with Crippen LogP contribution in [0, 0.1) is 13.8 Å². The molecule has 1 fully saturated rings. The van der Waals surface area contributed by atoms with Gasteiger partial charge in [-0.05, 0) is 52.3 Å². The van der Waals surface area contributed by atoms with Gasteiger partial charge in [-0.3, -0.25) is 4.98 Å². The standard InChI is InChI=1S/C20H29N5O/c1-15-16(2)22-19(17-5-9-21-10-6-17)23-20(15)25-12-7-18(8-13-25)24(3)11-4-14-26/h5-6,9-10,18,26H,4,7-8,11-14H2,1-3H3. The summed E-state index contributed by atoms with van der Waals surface area (Å²) < 4.78 is 0. The summed E-state index contributed by atoms with van der Waals surface area (Å²) in [6.07, 6.45) is 6.64. The molecule has 1 aliphatic rings. The van der Waals surface area contributed by atoms with Crippen LogP contribution in [0.25, 0.3) is 11.4 Å². The Morgan fingerprint density at radius 3 is 2.50 bits per heavy atom. The summed E-state index contributed by atoms with van der Waals surface area (Å²) in [5.41, 5.74) is 3.20. The normalized spacial score (nSPS) is 15.7. The van der Waals surface area contributed by atoms with Crippen LogP contribution in [0.15, 0.2) is 24.5 Å². The van der Waals surface area contributed by atoms with Crippen LogP contribution in [-0.2, 0) is 0 Å². The van der Waals surface area contributed by atoms with Crippen molar-refractivity contribution in [3.63, 3.8) is 0 Å². The predicted molar refractivity (Wildman–Crippen MR) is 104 cm³/mol. The number of aromatic nitrogens is 3. The van der Waals surface area contributed by atoms with Crippen LogP contribution in [0.2, 0.25) is 0 Å². The molecular weight excluding hydrogens is 326 g/mol. The van der Waals surface area contributed by atoms with Gasteiger partial charge in [-0.1, -0.05) is 0 Å². The number of pyridine rings is 1. The first-order valence-electron chi connectivity index (χ1n) is 9.42. The molecule has 0 unspecified atom stereocenters. The Balaban J connectivity index is 1.75. The fourth-order valence-corrected chi connectivity index (χ4v) is 3.57. The Labute approximate surface area is 155 Å². The summed E-state index contributed by atoms with van der Waals surface area (Å²) in [6, 6.07) is 4.49. The molecule has 3 heterocycles. The molecule has 0 aliphatic carbocycles. The minimum atomic E-state index is 0.264. The van der Waals surface area contributed by atoms with Crippen LogP contribution in [0.1, 0.15) is 30.5 Å². The van der Waals surface area contributed by atoms with Crippen molar-refractivity contribution >= 4 is 5.82 Å². The first kappa shape index (κ1) is 18.7. The van der Waals surface area contributed by atoms with Gasteiger partial charge >= 0.3 is 0 Å². The summed E-state index contributed by atoms with van der Waals surface area (Å²) in [5, 5.41) is 9.03. The molecule has 0 amide bonds. The highest BCUT2D eigenvalue weighted by molar-refractivity contribution is 5.60. The average molecular weight is 355 g/mol. The van der Waals surface area contributed by atoms with Gasteiger partial charge in [0, 0.05) is 61.5 Å².